The molecule has 2 aromatic carbocycles. The Kier molecular flexibility index (Phi) is 7.31. The number of nitrogens with zero attached hydrogens (tertiary/aromatic N) is 4. The number of nitro groups is 1. The van der Waals surface area contributed by atoms with E-state index in [1.807, 2.05) is 47.5 Å². The summed E-state index contributed by atoms with van der Waals surface area (Å²) in [7, 11) is 0. The molecule has 1 aliphatic rings. The standard InChI is InChI=1S/C24H26N4O4S/c1-2-32-22-8-6-19(7-9-22)24-25-20(17-33-24)15-23(29)27-12-10-26(11-13-27)16-18-4-3-5-21(14-18)28(30)31/h3-9,14,17H,2,10-13,15-16H2,1H3. The second-order valence-electron chi connectivity index (χ2n) is 7.86. The van der Waals surface area contributed by atoms with Crippen molar-refractivity contribution in [2.24, 2.45) is 0 Å². The number of rotatable bonds is 8. The molecule has 3 aromatic rings. The molecule has 9 heteroatoms. The summed E-state index contributed by atoms with van der Waals surface area (Å²) in [5.41, 5.74) is 2.81. The number of hydrogen-bond donors (Lipinski definition) is 0. The number of amides is 1. The van der Waals surface area contributed by atoms with Crippen molar-refractivity contribution in [2.75, 3.05) is 32.8 Å². The Labute approximate surface area is 196 Å². The van der Waals surface area contributed by atoms with Crippen molar-refractivity contribution >= 4 is 22.9 Å². The molecule has 0 spiro atoms. The zero-order valence-corrected chi connectivity index (χ0v) is 19.3. The predicted octanol–water partition coefficient (Wildman–Crippen LogP) is 4.00. The van der Waals surface area contributed by atoms with Gasteiger partial charge < -0.3 is 9.64 Å². The molecule has 8 nitrogen and oxygen atoms in total. The van der Waals surface area contributed by atoms with E-state index in [9.17, 15) is 14.9 Å². The summed E-state index contributed by atoms with van der Waals surface area (Å²) in [4.78, 5) is 32.1. The third-order valence-electron chi connectivity index (χ3n) is 5.55. The Bertz CT molecular complexity index is 1110. The first-order chi connectivity index (χ1) is 16.0. The number of non-ortho nitro benzene ring substituents is 1. The van der Waals surface area contributed by atoms with Crippen LogP contribution in [0.25, 0.3) is 10.6 Å². The van der Waals surface area contributed by atoms with E-state index in [-0.39, 0.29) is 16.5 Å². The smallest absolute Gasteiger partial charge is 0.269 e. The highest BCUT2D eigenvalue weighted by Crippen LogP contribution is 2.26. The van der Waals surface area contributed by atoms with Gasteiger partial charge in [-0.2, -0.15) is 0 Å². The number of hydrogen-bond acceptors (Lipinski definition) is 7. The first-order valence-electron chi connectivity index (χ1n) is 10.9. The van der Waals surface area contributed by atoms with Crippen LogP contribution >= 0.6 is 11.3 Å². The molecular formula is C24H26N4O4S. The average Bonchev–Trinajstić information content (AvgIpc) is 3.29. The van der Waals surface area contributed by atoms with Gasteiger partial charge in [-0.15, -0.1) is 11.3 Å². The van der Waals surface area contributed by atoms with Crippen molar-refractivity contribution in [3.05, 3.63) is 75.3 Å². The maximum absolute atomic E-state index is 12.8. The van der Waals surface area contributed by atoms with Gasteiger partial charge in [0.15, 0.2) is 0 Å². The van der Waals surface area contributed by atoms with Crippen LogP contribution in [0.5, 0.6) is 5.75 Å². The number of thiazole rings is 1. The fourth-order valence-corrected chi connectivity index (χ4v) is 4.66. The van der Waals surface area contributed by atoms with Gasteiger partial charge in [0.25, 0.3) is 5.69 Å². The Balaban J connectivity index is 1.28. The highest BCUT2D eigenvalue weighted by Gasteiger charge is 2.22. The van der Waals surface area contributed by atoms with Crippen LogP contribution in [-0.2, 0) is 17.8 Å². The summed E-state index contributed by atoms with van der Waals surface area (Å²) in [5, 5.41) is 13.8. The zero-order chi connectivity index (χ0) is 23.2. The number of aromatic nitrogens is 1. The normalized spacial score (nSPS) is 14.3. The van der Waals surface area contributed by atoms with E-state index in [0.29, 0.717) is 32.7 Å². The number of ether oxygens (including phenoxy) is 1. The SMILES string of the molecule is CCOc1ccc(-c2nc(CC(=O)N3CCN(Cc4cccc([N+](=O)[O-])c4)CC3)cs2)cc1. The lowest BCUT2D eigenvalue weighted by Crippen LogP contribution is -2.48. The van der Waals surface area contributed by atoms with Crippen molar-refractivity contribution in [3.8, 4) is 16.3 Å². The van der Waals surface area contributed by atoms with Crippen molar-refractivity contribution < 1.29 is 14.5 Å². The van der Waals surface area contributed by atoms with E-state index in [4.69, 9.17) is 4.74 Å². The molecule has 0 radical (unpaired) electrons. The van der Waals surface area contributed by atoms with Gasteiger partial charge in [0.05, 0.1) is 23.6 Å². The molecule has 1 saturated heterocycles. The van der Waals surface area contributed by atoms with Crippen LogP contribution < -0.4 is 4.74 Å². The summed E-state index contributed by atoms with van der Waals surface area (Å²) in [5.74, 6) is 0.909. The molecule has 0 aliphatic carbocycles. The lowest BCUT2D eigenvalue weighted by Gasteiger charge is -2.34. The summed E-state index contributed by atoms with van der Waals surface area (Å²) in [6.07, 6.45) is 0.290. The Morgan fingerprint density at radius 2 is 1.91 bits per heavy atom. The van der Waals surface area contributed by atoms with Gasteiger partial charge in [-0.05, 0) is 36.8 Å². The van der Waals surface area contributed by atoms with Crippen molar-refractivity contribution in [2.45, 2.75) is 19.9 Å². The number of nitro benzene ring substituents is 1. The lowest BCUT2D eigenvalue weighted by atomic mass is 10.1. The Morgan fingerprint density at radius 3 is 2.61 bits per heavy atom. The van der Waals surface area contributed by atoms with Gasteiger partial charge in [-0.25, -0.2) is 4.98 Å². The van der Waals surface area contributed by atoms with Gasteiger partial charge >= 0.3 is 0 Å². The van der Waals surface area contributed by atoms with Crippen LogP contribution in [0.3, 0.4) is 0 Å². The average molecular weight is 467 g/mol. The molecule has 4 rings (SSSR count). The van der Waals surface area contributed by atoms with E-state index < -0.39 is 0 Å². The van der Waals surface area contributed by atoms with E-state index in [0.717, 1.165) is 40.7 Å². The number of carbonyl (C=O) groups is 1. The van der Waals surface area contributed by atoms with E-state index in [2.05, 4.69) is 9.88 Å². The number of piperazine rings is 1. The highest BCUT2D eigenvalue weighted by atomic mass is 32.1. The minimum absolute atomic E-state index is 0.0774. The summed E-state index contributed by atoms with van der Waals surface area (Å²) >= 11 is 1.54. The molecule has 0 bridgehead atoms. The largest absolute Gasteiger partial charge is 0.494 e. The minimum Gasteiger partial charge on any atom is -0.494 e. The molecule has 33 heavy (non-hydrogen) atoms. The molecule has 1 aliphatic heterocycles. The summed E-state index contributed by atoms with van der Waals surface area (Å²) in [6.45, 7) is 5.99. The summed E-state index contributed by atoms with van der Waals surface area (Å²) < 4.78 is 5.48. The highest BCUT2D eigenvalue weighted by molar-refractivity contribution is 7.13. The molecule has 0 N–H and O–H groups in total. The van der Waals surface area contributed by atoms with Gasteiger partial charge in [0.2, 0.25) is 5.91 Å². The fraction of sp³-hybridized carbons (Fsp3) is 0.333. The van der Waals surface area contributed by atoms with Crippen LogP contribution in [-0.4, -0.2) is 58.4 Å². The van der Waals surface area contributed by atoms with Gasteiger partial charge in [-0.1, -0.05) is 12.1 Å². The third-order valence-corrected chi connectivity index (χ3v) is 6.49. The quantitative estimate of drug-likeness (QED) is 0.368. The van der Waals surface area contributed by atoms with Crippen LogP contribution in [0.2, 0.25) is 0 Å². The molecular weight excluding hydrogens is 440 g/mol. The van der Waals surface area contributed by atoms with E-state index in [1.165, 1.54) is 17.4 Å². The fourth-order valence-electron chi connectivity index (χ4n) is 3.83. The Hall–Kier alpha value is -3.30. The molecule has 1 aromatic heterocycles. The molecule has 1 amide bonds. The monoisotopic (exact) mass is 466 g/mol. The van der Waals surface area contributed by atoms with Crippen molar-refractivity contribution in [3.63, 3.8) is 0 Å². The molecule has 2 heterocycles. The summed E-state index contributed by atoms with van der Waals surface area (Å²) in [6, 6.07) is 14.5. The number of carbonyl (C=O) groups excluding carboxylic acids is 1. The van der Waals surface area contributed by atoms with Crippen molar-refractivity contribution in [1.82, 2.24) is 14.8 Å². The predicted molar refractivity (Wildman–Crippen MR) is 127 cm³/mol. The second kappa shape index (κ2) is 10.5. The minimum atomic E-state index is -0.375. The zero-order valence-electron chi connectivity index (χ0n) is 18.5. The Morgan fingerprint density at radius 1 is 1.15 bits per heavy atom. The molecule has 0 atom stereocenters. The van der Waals surface area contributed by atoms with Gasteiger partial charge in [0.1, 0.15) is 10.8 Å². The third kappa shape index (κ3) is 5.94. The van der Waals surface area contributed by atoms with Gasteiger partial charge in [-0.3, -0.25) is 19.8 Å². The number of benzene rings is 2. The first kappa shape index (κ1) is 22.9. The first-order valence-corrected chi connectivity index (χ1v) is 11.8. The van der Waals surface area contributed by atoms with E-state index >= 15 is 0 Å². The lowest BCUT2D eigenvalue weighted by molar-refractivity contribution is -0.384. The molecule has 0 unspecified atom stereocenters. The molecule has 1 fully saturated rings. The van der Waals surface area contributed by atoms with Crippen molar-refractivity contribution in [1.29, 1.82) is 0 Å². The van der Waals surface area contributed by atoms with Crippen LogP contribution in [0.15, 0.2) is 53.9 Å². The topological polar surface area (TPSA) is 88.8 Å². The van der Waals surface area contributed by atoms with Gasteiger partial charge in [0, 0.05) is 55.8 Å². The maximum atomic E-state index is 12.8. The van der Waals surface area contributed by atoms with Crippen LogP contribution in [0, 0.1) is 10.1 Å². The van der Waals surface area contributed by atoms with Crippen LogP contribution in [0.4, 0.5) is 5.69 Å². The molecule has 0 saturated carbocycles. The molecule has 172 valence electrons. The maximum Gasteiger partial charge on any atom is 0.269 e. The van der Waals surface area contributed by atoms with E-state index in [1.54, 1.807) is 12.1 Å². The van der Waals surface area contributed by atoms with Crippen LogP contribution in [0.1, 0.15) is 18.2 Å². The second-order valence-corrected chi connectivity index (χ2v) is 8.72.